The molecule has 2 heterocycles. The minimum atomic E-state index is -1.56. The summed E-state index contributed by atoms with van der Waals surface area (Å²) >= 11 is 0. The van der Waals surface area contributed by atoms with Crippen LogP contribution in [0.2, 0.25) is 0 Å². The number of aliphatic hydroxyl groups excluding tert-OH is 2. The van der Waals surface area contributed by atoms with E-state index in [9.17, 15) is 20.1 Å². The van der Waals surface area contributed by atoms with Crippen LogP contribution in [0.3, 0.4) is 0 Å². The molecule has 0 aliphatic carbocycles. The number of nitrogens with zero attached hydrogens (tertiary/aromatic N) is 3. The molecule has 3 N–H and O–H groups in total. The Morgan fingerprint density at radius 3 is 2.38 bits per heavy atom. The molecule has 0 aromatic carbocycles. The van der Waals surface area contributed by atoms with E-state index in [-0.39, 0.29) is 6.61 Å². The first-order valence-electron chi connectivity index (χ1n) is 11.7. The largest absolute Gasteiger partial charge is 0.479 e. The highest BCUT2D eigenvalue weighted by molar-refractivity contribution is 5.73. The Kier molecular flexibility index (Phi) is 12.5. The van der Waals surface area contributed by atoms with Gasteiger partial charge in [-0.05, 0) is 25.3 Å². The zero-order valence-electron chi connectivity index (χ0n) is 19.9. The van der Waals surface area contributed by atoms with Crippen LogP contribution in [0.4, 0.5) is 0 Å². The van der Waals surface area contributed by atoms with E-state index in [1.165, 1.54) is 0 Å². The van der Waals surface area contributed by atoms with Crippen LogP contribution in [0.5, 0.6) is 0 Å². The first-order chi connectivity index (χ1) is 16.4. The fourth-order valence-electron chi connectivity index (χ4n) is 3.66. The third-order valence-corrected chi connectivity index (χ3v) is 5.69. The number of carboxylic acids is 1. The normalized spacial score (nSPS) is 33.3. The van der Waals surface area contributed by atoms with Gasteiger partial charge in [0.05, 0.1) is 19.3 Å². The number of aliphatic hydroxyl groups is 2. The summed E-state index contributed by atoms with van der Waals surface area (Å²) in [6.07, 6.45) is -4.98. The highest BCUT2D eigenvalue weighted by Crippen LogP contribution is 2.30. The van der Waals surface area contributed by atoms with Gasteiger partial charge in [-0.15, -0.1) is 0 Å². The minimum Gasteiger partial charge on any atom is -0.479 e. The Labute approximate surface area is 198 Å². The second-order valence-electron chi connectivity index (χ2n) is 8.30. The fourth-order valence-corrected chi connectivity index (χ4v) is 3.66. The topological polar surface area (TPSA) is 182 Å². The number of hydrogen-bond donors (Lipinski definition) is 3. The summed E-state index contributed by atoms with van der Waals surface area (Å²) < 4.78 is 34.7. The second-order valence-corrected chi connectivity index (χ2v) is 8.30. The third-order valence-electron chi connectivity index (χ3n) is 5.69. The lowest BCUT2D eigenvalue weighted by atomic mass is 9.98. The maximum Gasteiger partial charge on any atom is 0.335 e. The van der Waals surface area contributed by atoms with Crippen LogP contribution in [0.25, 0.3) is 10.4 Å². The van der Waals surface area contributed by atoms with Crippen LogP contribution in [-0.4, -0.2) is 103 Å². The Morgan fingerprint density at radius 2 is 1.82 bits per heavy atom. The van der Waals surface area contributed by atoms with E-state index in [0.717, 1.165) is 25.7 Å². The van der Waals surface area contributed by atoms with Crippen molar-refractivity contribution in [1.82, 2.24) is 0 Å². The van der Waals surface area contributed by atoms with Gasteiger partial charge in [-0.1, -0.05) is 31.8 Å². The molecule has 0 saturated carbocycles. The summed E-state index contributed by atoms with van der Waals surface area (Å²) in [4.78, 5) is 14.4. The van der Waals surface area contributed by atoms with Gasteiger partial charge in [0, 0.05) is 18.1 Å². The Morgan fingerprint density at radius 1 is 1.18 bits per heavy atom. The summed E-state index contributed by atoms with van der Waals surface area (Å²) in [5.41, 5.74) is 8.63. The van der Waals surface area contributed by atoms with Crippen molar-refractivity contribution >= 4 is 5.97 Å². The Balaban J connectivity index is 2.15. The summed E-state index contributed by atoms with van der Waals surface area (Å²) in [7, 11) is 0. The van der Waals surface area contributed by atoms with Gasteiger partial charge in [0.15, 0.2) is 18.7 Å². The van der Waals surface area contributed by atoms with Crippen LogP contribution in [0.15, 0.2) is 5.11 Å². The average Bonchev–Trinajstić information content (AvgIpc) is 3.30. The molecule has 2 fully saturated rings. The number of rotatable bonds is 15. The van der Waals surface area contributed by atoms with Crippen molar-refractivity contribution in [3.63, 3.8) is 0 Å². The zero-order chi connectivity index (χ0) is 25.1. The molecule has 0 bridgehead atoms. The highest BCUT2D eigenvalue weighted by Gasteiger charge is 2.51. The molecule has 34 heavy (non-hydrogen) atoms. The summed E-state index contributed by atoms with van der Waals surface area (Å²) in [5.74, 6) is -1.34. The summed E-state index contributed by atoms with van der Waals surface area (Å²) in [5, 5.41) is 33.1. The highest BCUT2D eigenvalue weighted by atomic mass is 16.8. The van der Waals surface area contributed by atoms with E-state index in [2.05, 4.69) is 10.0 Å². The van der Waals surface area contributed by atoms with Gasteiger partial charge in [-0.3, -0.25) is 0 Å². The first-order valence-corrected chi connectivity index (χ1v) is 11.7. The lowest BCUT2D eigenvalue weighted by molar-refractivity contribution is -0.322. The average molecular weight is 492 g/mol. The number of hydrogen-bond acceptors (Lipinski definition) is 10. The third kappa shape index (κ3) is 7.74. The monoisotopic (exact) mass is 491 g/mol. The van der Waals surface area contributed by atoms with Crippen LogP contribution in [-0.2, 0) is 33.2 Å². The number of carbonyl (C=O) groups is 1. The van der Waals surface area contributed by atoms with E-state index in [0.29, 0.717) is 13.2 Å². The fraction of sp³-hybridized carbons (Fsp3) is 0.952. The Hall–Kier alpha value is -1.54. The molecule has 2 aliphatic rings. The maximum atomic E-state index is 11.8. The van der Waals surface area contributed by atoms with Crippen LogP contribution < -0.4 is 0 Å². The van der Waals surface area contributed by atoms with Gasteiger partial charge in [0.1, 0.15) is 30.5 Å². The molecule has 13 heteroatoms. The molecular formula is C21H37N3O10. The molecule has 0 amide bonds. The second kappa shape index (κ2) is 14.8. The van der Waals surface area contributed by atoms with Gasteiger partial charge in [0.25, 0.3) is 0 Å². The number of azide groups is 1. The van der Waals surface area contributed by atoms with E-state index in [4.69, 9.17) is 34.0 Å². The standard InChI is InChI=1S/C21H37N3O10/c1-4-6-8-29-16-15(26)17(19(27)28)34-21(18(16)30-9-7-5-2)32-12(3)14-11-31-20(33-14)13(10-25)23-24-22/h12-18,20-21,25-26H,4-11H2,1-3H3,(H,27,28)/t12-,13-,14?,15-,16?,17+,18-,20+,21+/m0/s1. The predicted octanol–water partition coefficient (Wildman–Crippen LogP) is 1.35. The summed E-state index contributed by atoms with van der Waals surface area (Å²) in [6.45, 7) is 6.01. The van der Waals surface area contributed by atoms with Crippen molar-refractivity contribution in [2.24, 2.45) is 5.11 Å². The van der Waals surface area contributed by atoms with E-state index in [1.54, 1.807) is 6.92 Å². The molecule has 2 rings (SSSR count). The maximum absolute atomic E-state index is 11.8. The smallest absolute Gasteiger partial charge is 0.335 e. The zero-order valence-corrected chi connectivity index (χ0v) is 19.9. The van der Waals surface area contributed by atoms with Crippen LogP contribution in [0.1, 0.15) is 46.5 Å². The lowest BCUT2D eigenvalue weighted by Crippen LogP contribution is -2.62. The van der Waals surface area contributed by atoms with Gasteiger partial charge in [-0.2, -0.15) is 0 Å². The predicted molar refractivity (Wildman–Crippen MR) is 117 cm³/mol. The molecule has 13 nitrogen and oxygen atoms in total. The summed E-state index contributed by atoms with van der Waals surface area (Å²) in [6, 6.07) is -0.916. The molecule has 0 radical (unpaired) electrons. The molecule has 0 spiro atoms. The van der Waals surface area contributed by atoms with Crippen LogP contribution in [0, 0.1) is 0 Å². The van der Waals surface area contributed by atoms with Gasteiger partial charge >= 0.3 is 5.97 Å². The van der Waals surface area contributed by atoms with Crippen molar-refractivity contribution in [3.8, 4) is 0 Å². The van der Waals surface area contributed by atoms with Gasteiger partial charge < -0.3 is 43.7 Å². The van der Waals surface area contributed by atoms with E-state index in [1.807, 2.05) is 13.8 Å². The van der Waals surface area contributed by atoms with Crippen molar-refractivity contribution in [1.29, 1.82) is 0 Å². The van der Waals surface area contributed by atoms with Gasteiger partial charge in [-0.25, -0.2) is 4.79 Å². The Bertz CT molecular complexity index is 665. The number of ether oxygens (including phenoxy) is 6. The quantitative estimate of drug-likeness (QED) is 0.131. The van der Waals surface area contributed by atoms with Crippen molar-refractivity contribution < 1.29 is 48.5 Å². The molecular weight excluding hydrogens is 454 g/mol. The van der Waals surface area contributed by atoms with E-state index < -0.39 is 67.8 Å². The molecule has 0 aromatic rings. The molecule has 0 aromatic heterocycles. The number of unbranched alkanes of at least 4 members (excludes halogenated alkanes) is 2. The number of aliphatic carboxylic acids is 1. The first kappa shape index (κ1) is 28.7. The number of carboxylic acid groups (broad SMARTS) is 1. The molecule has 9 atom stereocenters. The SMILES string of the molecule is CCCCOC1[C@H](O)[C@H](C(=O)O)O[C@@H](O[C@@H](C)C2CO[C@@H]([C@H](CO)N=[N+]=[N-])O2)[C@H]1OCCCC. The van der Waals surface area contributed by atoms with Crippen LogP contribution >= 0.6 is 0 Å². The van der Waals surface area contributed by atoms with Crippen molar-refractivity contribution in [2.45, 2.75) is 102 Å². The van der Waals surface area contributed by atoms with E-state index >= 15 is 0 Å². The molecule has 2 unspecified atom stereocenters. The van der Waals surface area contributed by atoms with Crippen molar-refractivity contribution in [2.75, 3.05) is 26.4 Å². The van der Waals surface area contributed by atoms with Crippen molar-refractivity contribution in [3.05, 3.63) is 10.4 Å². The van der Waals surface area contributed by atoms with Gasteiger partial charge in [0.2, 0.25) is 0 Å². The minimum absolute atomic E-state index is 0.0960. The molecule has 2 saturated heterocycles. The molecule has 196 valence electrons. The lowest BCUT2D eigenvalue weighted by Gasteiger charge is -2.43. The molecule has 2 aliphatic heterocycles.